The Morgan fingerprint density at radius 1 is 1.07 bits per heavy atom. The second-order valence-electron chi connectivity index (χ2n) is 11.8. The summed E-state index contributed by atoms with van der Waals surface area (Å²) in [6, 6.07) is 9.11. The quantitative estimate of drug-likeness (QED) is 0.499. The Bertz CT molecular complexity index is 1530. The first-order valence-corrected chi connectivity index (χ1v) is 13.8. The van der Waals surface area contributed by atoms with Crippen molar-refractivity contribution in [2.75, 3.05) is 18.0 Å². The molecule has 10 heteroatoms. The van der Waals surface area contributed by atoms with Gasteiger partial charge in [0.25, 0.3) is 5.91 Å². The predicted molar refractivity (Wildman–Crippen MR) is 148 cm³/mol. The Kier molecular flexibility index (Phi) is 6.35. The highest BCUT2D eigenvalue weighted by Crippen LogP contribution is 2.41. The van der Waals surface area contributed by atoms with Crippen LogP contribution in [0, 0.1) is 0 Å². The van der Waals surface area contributed by atoms with Gasteiger partial charge in [0.15, 0.2) is 0 Å². The van der Waals surface area contributed by atoms with Crippen molar-refractivity contribution in [3.8, 4) is 0 Å². The summed E-state index contributed by atoms with van der Waals surface area (Å²) in [6.45, 7) is 6.87. The van der Waals surface area contributed by atoms with Crippen molar-refractivity contribution in [3.63, 3.8) is 0 Å². The third-order valence-electron chi connectivity index (χ3n) is 7.88. The van der Waals surface area contributed by atoms with E-state index in [0.29, 0.717) is 37.2 Å². The molecule has 40 heavy (non-hydrogen) atoms. The van der Waals surface area contributed by atoms with Gasteiger partial charge in [0, 0.05) is 43.1 Å². The summed E-state index contributed by atoms with van der Waals surface area (Å²) < 4.78 is 7.51. The number of amides is 4. The monoisotopic (exact) mass is 543 g/mol. The fraction of sp³-hybridized carbons (Fsp3) is 0.433. The minimum atomic E-state index is -0.702. The number of hydrogen-bond donors (Lipinski definition) is 1. The third-order valence-corrected chi connectivity index (χ3v) is 7.88. The highest BCUT2D eigenvalue weighted by Gasteiger charge is 2.41. The fourth-order valence-corrected chi connectivity index (χ4v) is 5.99. The largest absolute Gasteiger partial charge is 0.444 e. The number of imide groups is 1. The molecule has 0 spiro atoms. The smallest absolute Gasteiger partial charge is 0.410 e. The summed E-state index contributed by atoms with van der Waals surface area (Å²) >= 11 is 0. The number of nitrogens with zero attached hydrogens (tertiary/aromatic N) is 4. The molecule has 3 aliphatic heterocycles. The van der Waals surface area contributed by atoms with Crippen LogP contribution in [-0.2, 0) is 20.7 Å². The van der Waals surface area contributed by atoms with Crippen molar-refractivity contribution in [1.82, 2.24) is 20.0 Å². The van der Waals surface area contributed by atoms with Gasteiger partial charge < -0.3 is 9.64 Å². The lowest BCUT2D eigenvalue weighted by atomic mass is 9.97. The van der Waals surface area contributed by atoms with Gasteiger partial charge in [0.1, 0.15) is 11.6 Å². The van der Waals surface area contributed by atoms with E-state index in [2.05, 4.69) is 16.6 Å². The van der Waals surface area contributed by atoms with Gasteiger partial charge in [-0.3, -0.25) is 29.3 Å². The van der Waals surface area contributed by atoms with E-state index < -0.39 is 17.6 Å². The van der Waals surface area contributed by atoms with Crippen LogP contribution in [-0.4, -0.2) is 63.2 Å². The number of ether oxygens (including phenoxy) is 1. The number of likely N-dealkylation sites (tertiary alicyclic amines) is 1. The molecule has 208 valence electrons. The number of benzene rings is 2. The van der Waals surface area contributed by atoms with E-state index in [1.54, 1.807) is 15.9 Å². The van der Waals surface area contributed by atoms with E-state index in [-0.39, 0.29) is 30.4 Å². The molecule has 1 aromatic heterocycles. The van der Waals surface area contributed by atoms with Crippen LogP contribution in [0.2, 0.25) is 0 Å². The number of carbonyl (C=O) groups excluding carboxylic acids is 4. The van der Waals surface area contributed by atoms with E-state index in [4.69, 9.17) is 4.74 Å². The van der Waals surface area contributed by atoms with Gasteiger partial charge in [0.05, 0.1) is 17.9 Å². The maximum atomic E-state index is 13.4. The molecule has 1 N–H and O–H groups in total. The molecule has 0 aliphatic carbocycles. The number of rotatable bonds is 4. The molecule has 4 heterocycles. The average Bonchev–Trinajstić information content (AvgIpc) is 3.49. The van der Waals surface area contributed by atoms with Gasteiger partial charge in [0.2, 0.25) is 11.8 Å². The lowest BCUT2D eigenvalue weighted by molar-refractivity contribution is -0.134. The maximum Gasteiger partial charge on any atom is 0.410 e. The molecule has 3 aromatic rings. The molecule has 3 aliphatic rings. The van der Waals surface area contributed by atoms with Crippen LogP contribution in [0.4, 0.5) is 10.5 Å². The van der Waals surface area contributed by atoms with E-state index in [9.17, 15) is 19.2 Å². The van der Waals surface area contributed by atoms with Gasteiger partial charge in [-0.05, 0) is 68.7 Å². The van der Waals surface area contributed by atoms with Crippen molar-refractivity contribution < 1.29 is 23.9 Å². The number of aromatic nitrogens is 2. The molecule has 2 saturated heterocycles. The summed E-state index contributed by atoms with van der Waals surface area (Å²) in [5.41, 5.74) is 2.90. The zero-order valence-corrected chi connectivity index (χ0v) is 23.0. The van der Waals surface area contributed by atoms with Crippen molar-refractivity contribution in [1.29, 1.82) is 0 Å². The lowest BCUT2D eigenvalue weighted by Gasteiger charge is -2.33. The van der Waals surface area contributed by atoms with Crippen molar-refractivity contribution in [2.45, 2.75) is 70.6 Å². The molecule has 6 rings (SSSR count). The minimum absolute atomic E-state index is 0.208. The molecular formula is C30H33N5O5. The topological polar surface area (TPSA) is 114 Å². The zero-order valence-electron chi connectivity index (χ0n) is 23.0. The zero-order chi connectivity index (χ0) is 28.2. The molecule has 1 unspecified atom stereocenters. The number of nitrogens with one attached hydrogen (secondary N) is 1. The van der Waals surface area contributed by atoms with E-state index in [1.165, 1.54) is 0 Å². The lowest BCUT2D eigenvalue weighted by Crippen LogP contribution is -2.53. The van der Waals surface area contributed by atoms with Gasteiger partial charge in [-0.2, -0.15) is 5.10 Å². The summed E-state index contributed by atoms with van der Waals surface area (Å²) in [5.74, 6) is -0.947. The first kappa shape index (κ1) is 26.0. The molecule has 0 radical (unpaired) electrons. The summed E-state index contributed by atoms with van der Waals surface area (Å²) in [7, 11) is 0. The SMILES string of the molecule is CC(C)(C)OC(=O)N1CCC(n2cc(Cc3ccc4c5c(cccc35)C(=O)N4C3CCC(=O)NC3=O)cn2)CC1. The van der Waals surface area contributed by atoms with Crippen LogP contribution in [0.3, 0.4) is 0 Å². The Morgan fingerprint density at radius 3 is 2.58 bits per heavy atom. The molecule has 2 fully saturated rings. The van der Waals surface area contributed by atoms with Gasteiger partial charge in [-0.15, -0.1) is 0 Å². The number of piperidine rings is 2. The molecule has 0 bridgehead atoms. The average molecular weight is 544 g/mol. The van der Waals surface area contributed by atoms with Gasteiger partial charge in [-0.1, -0.05) is 18.2 Å². The summed E-state index contributed by atoms with van der Waals surface area (Å²) in [4.78, 5) is 53.4. The Morgan fingerprint density at radius 2 is 1.85 bits per heavy atom. The van der Waals surface area contributed by atoms with Gasteiger partial charge >= 0.3 is 6.09 Å². The summed E-state index contributed by atoms with van der Waals surface area (Å²) in [6.07, 6.45) is 6.45. The normalized spacial score (nSPS) is 19.9. The highest BCUT2D eigenvalue weighted by molar-refractivity contribution is 6.27. The van der Waals surface area contributed by atoms with E-state index >= 15 is 0 Å². The van der Waals surface area contributed by atoms with Crippen molar-refractivity contribution >= 4 is 40.3 Å². The molecule has 0 saturated carbocycles. The van der Waals surface area contributed by atoms with E-state index in [0.717, 1.165) is 34.7 Å². The first-order valence-electron chi connectivity index (χ1n) is 13.8. The maximum absolute atomic E-state index is 13.4. The number of hydrogen-bond acceptors (Lipinski definition) is 6. The van der Waals surface area contributed by atoms with E-state index in [1.807, 2.05) is 55.9 Å². The first-order chi connectivity index (χ1) is 19.1. The Hall–Kier alpha value is -4.21. The minimum Gasteiger partial charge on any atom is -0.444 e. The molecule has 1 atom stereocenters. The van der Waals surface area contributed by atoms with Crippen molar-refractivity contribution in [3.05, 3.63) is 59.4 Å². The molecule has 4 amide bonds. The Balaban J connectivity index is 1.19. The van der Waals surface area contributed by atoms with Crippen LogP contribution in [0.25, 0.3) is 10.8 Å². The van der Waals surface area contributed by atoms with Crippen LogP contribution >= 0.6 is 0 Å². The molecular weight excluding hydrogens is 510 g/mol. The standard InChI is InChI=1S/C30H33N5O5/c1-30(2,3)40-29(39)33-13-11-20(12-14-33)34-17-18(16-31-34)15-19-7-8-23-26-21(19)5-4-6-22(26)28(38)35(23)24-9-10-25(36)32-27(24)37/h4-8,16-17,20,24H,9-15H2,1-3H3,(H,32,36,37). The van der Waals surface area contributed by atoms with Crippen molar-refractivity contribution in [2.24, 2.45) is 0 Å². The van der Waals surface area contributed by atoms with Crippen LogP contribution in [0.15, 0.2) is 42.7 Å². The number of anilines is 1. The fourth-order valence-electron chi connectivity index (χ4n) is 5.99. The van der Waals surface area contributed by atoms with Crippen LogP contribution in [0.5, 0.6) is 0 Å². The second-order valence-corrected chi connectivity index (χ2v) is 11.8. The Labute approximate surface area is 232 Å². The number of carbonyl (C=O) groups is 4. The van der Waals surface area contributed by atoms with Gasteiger partial charge in [-0.25, -0.2) is 4.79 Å². The van der Waals surface area contributed by atoms with Crippen LogP contribution in [0.1, 0.15) is 74.0 Å². The summed E-state index contributed by atoms with van der Waals surface area (Å²) in [5, 5.41) is 8.82. The van der Waals surface area contributed by atoms with Crippen LogP contribution < -0.4 is 10.2 Å². The molecule has 10 nitrogen and oxygen atoms in total. The third kappa shape index (κ3) is 4.71. The highest BCUT2D eigenvalue weighted by atomic mass is 16.6. The molecule has 2 aromatic carbocycles. The predicted octanol–water partition coefficient (Wildman–Crippen LogP) is 3.96. The second kappa shape index (κ2) is 9.76.